The molecule has 0 radical (unpaired) electrons. The van der Waals surface area contributed by atoms with Crippen molar-refractivity contribution in [2.75, 3.05) is 19.0 Å². The van der Waals surface area contributed by atoms with Gasteiger partial charge in [-0.3, -0.25) is 10.1 Å². The van der Waals surface area contributed by atoms with Gasteiger partial charge in [0.1, 0.15) is 6.61 Å². The standard InChI is InChI=1S/C7H10N2O2S/c1-5-3-8-7(12-5)9-6(10)4-11-2/h3H,4H2,1-2H3,(H,8,9,10). The summed E-state index contributed by atoms with van der Waals surface area (Å²) in [5.74, 6) is -0.174. The molecule has 0 spiro atoms. The second-order valence-corrected chi connectivity index (χ2v) is 3.49. The quantitative estimate of drug-likeness (QED) is 0.767. The van der Waals surface area contributed by atoms with Gasteiger partial charge >= 0.3 is 0 Å². The van der Waals surface area contributed by atoms with Crippen LogP contribution in [0.25, 0.3) is 0 Å². The Morgan fingerprint density at radius 1 is 1.83 bits per heavy atom. The number of ether oxygens (including phenoxy) is 1. The summed E-state index contributed by atoms with van der Waals surface area (Å²) < 4.78 is 4.65. The minimum absolute atomic E-state index is 0.0681. The molecule has 0 atom stereocenters. The maximum Gasteiger partial charge on any atom is 0.252 e. The Hall–Kier alpha value is -0.940. The van der Waals surface area contributed by atoms with E-state index in [-0.39, 0.29) is 12.5 Å². The lowest BCUT2D eigenvalue weighted by Gasteiger charge is -1.98. The maximum atomic E-state index is 11.0. The lowest BCUT2D eigenvalue weighted by molar-refractivity contribution is -0.119. The average Bonchev–Trinajstić information content (AvgIpc) is 2.36. The Bertz CT molecular complexity index is 272. The van der Waals surface area contributed by atoms with Gasteiger partial charge in [0.25, 0.3) is 5.91 Å². The Balaban J connectivity index is 2.46. The molecule has 1 N–H and O–H groups in total. The number of carbonyl (C=O) groups excluding carboxylic acids is 1. The average molecular weight is 186 g/mol. The lowest BCUT2D eigenvalue weighted by Crippen LogP contribution is -2.16. The van der Waals surface area contributed by atoms with Crippen LogP contribution in [0.4, 0.5) is 5.13 Å². The normalized spacial score (nSPS) is 9.83. The molecule has 1 aromatic heterocycles. The van der Waals surface area contributed by atoms with Crippen LogP contribution >= 0.6 is 11.3 Å². The van der Waals surface area contributed by atoms with E-state index in [1.807, 2.05) is 6.92 Å². The molecule has 1 rings (SSSR count). The highest BCUT2D eigenvalue weighted by Gasteiger charge is 2.03. The number of carbonyl (C=O) groups is 1. The molecular formula is C7H10N2O2S. The zero-order valence-electron chi connectivity index (χ0n) is 6.96. The summed E-state index contributed by atoms with van der Waals surface area (Å²) >= 11 is 1.44. The van der Waals surface area contributed by atoms with Gasteiger partial charge in [0, 0.05) is 18.2 Å². The SMILES string of the molecule is COCC(=O)Nc1ncc(C)s1. The van der Waals surface area contributed by atoms with Gasteiger partial charge in [-0.25, -0.2) is 4.98 Å². The predicted octanol–water partition coefficient (Wildman–Crippen LogP) is 1.04. The molecule has 0 saturated heterocycles. The van der Waals surface area contributed by atoms with E-state index in [0.717, 1.165) is 4.88 Å². The molecule has 0 aliphatic rings. The van der Waals surface area contributed by atoms with Gasteiger partial charge in [-0.2, -0.15) is 0 Å². The van der Waals surface area contributed by atoms with Crippen LogP contribution in [0, 0.1) is 6.92 Å². The molecule has 12 heavy (non-hydrogen) atoms. The van der Waals surface area contributed by atoms with Crippen molar-refractivity contribution < 1.29 is 9.53 Å². The molecule has 1 aromatic rings. The molecule has 1 heterocycles. The van der Waals surface area contributed by atoms with E-state index in [1.54, 1.807) is 6.20 Å². The van der Waals surface area contributed by atoms with Gasteiger partial charge in [0.05, 0.1) is 0 Å². The van der Waals surface area contributed by atoms with E-state index in [1.165, 1.54) is 18.4 Å². The molecule has 4 nitrogen and oxygen atoms in total. The fourth-order valence-electron chi connectivity index (χ4n) is 0.699. The van der Waals surface area contributed by atoms with Crippen LogP contribution in [0.3, 0.4) is 0 Å². The third-order valence-electron chi connectivity index (χ3n) is 1.14. The maximum absolute atomic E-state index is 11.0. The number of rotatable bonds is 3. The van der Waals surface area contributed by atoms with E-state index in [2.05, 4.69) is 15.0 Å². The Morgan fingerprint density at radius 2 is 2.58 bits per heavy atom. The second-order valence-electron chi connectivity index (χ2n) is 2.26. The lowest BCUT2D eigenvalue weighted by atomic mass is 10.6. The largest absolute Gasteiger partial charge is 0.375 e. The zero-order valence-corrected chi connectivity index (χ0v) is 7.77. The first-order chi connectivity index (χ1) is 5.72. The van der Waals surface area contributed by atoms with Crippen LogP contribution in [-0.4, -0.2) is 24.6 Å². The van der Waals surface area contributed by atoms with Crippen LogP contribution in [-0.2, 0) is 9.53 Å². The molecule has 0 bridgehead atoms. The number of nitrogens with one attached hydrogen (secondary N) is 1. The summed E-state index contributed by atoms with van der Waals surface area (Å²) in [4.78, 5) is 16.0. The number of hydrogen-bond acceptors (Lipinski definition) is 4. The van der Waals surface area contributed by atoms with E-state index in [9.17, 15) is 4.79 Å². The number of amides is 1. The third-order valence-corrected chi connectivity index (χ3v) is 1.97. The third kappa shape index (κ3) is 2.60. The fourth-order valence-corrected chi connectivity index (χ4v) is 1.38. The van der Waals surface area contributed by atoms with Crippen molar-refractivity contribution in [1.29, 1.82) is 0 Å². The molecule has 5 heteroatoms. The van der Waals surface area contributed by atoms with Gasteiger partial charge in [-0.1, -0.05) is 0 Å². The number of hydrogen-bond donors (Lipinski definition) is 1. The molecule has 0 unspecified atom stereocenters. The molecule has 0 aliphatic heterocycles. The molecule has 66 valence electrons. The monoisotopic (exact) mass is 186 g/mol. The van der Waals surface area contributed by atoms with E-state index < -0.39 is 0 Å². The van der Waals surface area contributed by atoms with E-state index in [4.69, 9.17) is 0 Å². The number of aromatic nitrogens is 1. The minimum atomic E-state index is -0.174. The van der Waals surface area contributed by atoms with Crippen LogP contribution in [0.15, 0.2) is 6.20 Å². The fraction of sp³-hybridized carbons (Fsp3) is 0.429. The summed E-state index contributed by atoms with van der Waals surface area (Å²) in [6, 6.07) is 0. The highest BCUT2D eigenvalue weighted by molar-refractivity contribution is 7.15. The van der Waals surface area contributed by atoms with Crippen molar-refractivity contribution in [3.8, 4) is 0 Å². The topological polar surface area (TPSA) is 51.2 Å². The summed E-state index contributed by atoms with van der Waals surface area (Å²) in [6.45, 7) is 2.00. The van der Waals surface area contributed by atoms with Gasteiger partial charge in [0.2, 0.25) is 0 Å². The van der Waals surface area contributed by atoms with Crippen molar-refractivity contribution in [3.63, 3.8) is 0 Å². The van der Waals surface area contributed by atoms with Crippen molar-refractivity contribution in [2.24, 2.45) is 0 Å². The Labute approximate surface area is 74.6 Å². The van der Waals surface area contributed by atoms with Crippen LogP contribution < -0.4 is 5.32 Å². The number of thiazole rings is 1. The number of nitrogens with zero attached hydrogens (tertiary/aromatic N) is 1. The van der Waals surface area contributed by atoms with Crippen molar-refractivity contribution in [3.05, 3.63) is 11.1 Å². The Morgan fingerprint density at radius 3 is 3.08 bits per heavy atom. The highest BCUT2D eigenvalue weighted by atomic mass is 32.1. The number of methoxy groups -OCH3 is 1. The van der Waals surface area contributed by atoms with Crippen LogP contribution in [0.1, 0.15) is 4.88 Å². The van der Waals surface area contributed by atoms with Gasteiger partial charge in [0.15, 0.2) is 5.13 Å². The first-order valence-electron chi connectivity index (χ1n) is 3.43. The molecule has 1 amide bonds. The molecule has 0 aromatic carbocycles. The summed E-state index contributed by atoms with van der Waals surface area (Å²) in [5.41, 5.74) is 0. The second kappa shape index (κ2) is 4.18. The van der Waals surface area contributed by atoms with Crippen LogP contribution in [0.2, 0.25) is 0 Å². The van der Waals surface area contributed by atoms with E-state index >= 15 is 0 Å². The number of anilines is 1. The summed E-state index contributed by atoms with van der Waals surface area (Å²) in [6.07, 6.45) is 1.72. The number of aryl methyl sites for hydroxylation is 1. The first-order valence-corrected chi connectivity index (χ1v) is 4.25. The van der Waals surface area contributed by atoms with Crippen LogP contribution in [0.5, 0.6) is 0 Å². The Kier molecular flexibility index (Phi) is 3.19. The van der Waals surface area contributed by atoms with Gasteiger partial charge in [-0.05, 0) is 6.92 Å². The molecule has 0 saturated carbocycles. The van der Waals surface area contributed by atoms with Crippen molar-refractivity contribution in [2.45, 2.75) is 6.92 Å². The van der Waals surface area contributed by atoms with Gasteiger partial charge in [-0.15, -0.1) is 11.3 Å². The van der Waals surface area contributed by atoms with Crippen molar-refractivity contribution >= 4 is 22.4 Å². The highest BCUT2D eigenvalue weighted by Crippen LogP contribution is 2.15. The molecule has 0 fully saturated rings. The first kappa shape index (κ1) is 9.15. The molecule has 0 aliphatic carbocycles. The van der Waals surface area contributed by atoms with Crippen molar-refractivity contribution in [1.82, 2.24) is 4.98 Å². The zero-order chi connectivity index (χ0) is 8.97. The van der Waals surface area contributed by atoms with Gasteiger partial charge < -0.3 is 4.74 Å². The summed E-state index contributed by atoms with van der Waals surface area (Å²) in [7, 11) is 1.48. The summed E-state index contributed by atoms with van der Waals surface area (Å²) in [5, 5.41) is 3.23. The predicted molar refractivity (Wildman–Crippen MR) is 47.4 cm³/mol. The minimum Gasteiger partial charge on any atom is -0.375 e. The van der Waals surface area contributed by atoms with E-state index in [0.29, 0.717) is 5.13 Å². The molecular weight excluding hydrogens is 176 g/mol. The smallest absolute Gasteiger partial charge is 0.252 e.